The average Bonchev–Trinajstić information content (AvgIpc) is 2.10. The molecular weight excluding hydrogens is 298 g/mol. The normalized spacial score (nSPS) is 19.3. The molecule has 0 N–H and O–H groups in total. The number of allylic oxidation sites excluding steroid dienone is 4. The second-order valence-electron chi connectivity index (χ2n) is 3.57. The molecule has 0 fully saturated rings. The Hall–Kier alpha value is 1.16. The van der Waals surface area contributed by atoms with Crippen LogP contribution in [-0.4, -0.2) is 8.80 Å². The third-order valence-electron chi connectivity index (χ3n) is 2.14. The summed E-state index contributed by atoms with van der Waals surface area (Å²) >= 11 is 0. The van der Waals surface area contributed by atoms with Crippen molar-refractivity contribution in [3.05, 3.63) is 23.3 Å². The van der Waals surface area contributed by atoms with E-state index in [1.165, 1.54) is 5.57 Å². The fraction of sp³-hybridized carbons (Fsp3) is 0.556. The first-order chi connectivity index (χ1) is 4.61. The number of hydrogen-bond acceptors (Lipinski definition) is 0. The van der Waals surface area contributed by atoms with Gasteiger partial charge in [0.1, 0.15) is 0 Å². The van der Waals surface area contributed by atoms with Crippen LogP contribution in [0.3, 0.4) is 0 Å². The van der Waals surface area contributed by atoms with Gasteiger partial charge in [-0.1, -0.05) is 36.4 Å². The molecule has 4 heteroatoms. The summed E-state index contributed by atoms with van der Waals surface area (Å²) in [5.74, 6) is 0. The molecule has 0 nitrogen and oxygen atoms in total. The van der Waals surface area contributed by atoms with Crippen molar-refractivity contribution in [1.29, 1.82) is 0 Å². The standard InChI is InChI=1S/C9H16Si.2ClH.Zr/c1-7-5-8(2)9(6-7)10(3)4;;;/h5-6,9-10H,1-4H3;2*1H;/q;;;+2/p-2. The van der Waals surface area contributed by atoms with E-state index in [0.29, 0.717) is 0 Å². The molecule has 1 aliphatic carbocycles. The largest absolute Gasteiger partial charge is 2.00 e. The maximum atomic E-state index is 2.42. The van der Waals surface area contributed by atoms with Crippen molar-refractivity contribution in [2.45, 2.75) is 32.5 Å². The molecular formula is C9H16Cl2SiZr. The van der Waals surface area contributed by atoms with Crippen molar-refractivity contribution < 1.29 is 51.0 Å². The summed E-state index contributed by atoms with van der Waals surface area (Å²) in [5, 5.41) is 0. The van der Waals surface area contributed by atoms with Crippen LogP contribution in [0.5, 0.6) is 0 Å². The summed E-state index contributed by atoms with van der Waals surface area (Å²) in [4.78, 5) is 0. The summed E-state index contributed by atoms with van der Waals surface area (Å²) in [6.07, 6.45) is 4.74. The van der Waals surface area contributed by atoms with Gasteiger partial charge in [-0.2, -0.15) is 0 Å². The Morgan fingerprint density at radius 3 is 1.77 bits per heavy atom. The number of halogens is 2. The van der Waals surface area contributed by atoms with Gasteiger partial charge < -0.3 is 24.8 Å². The minimum Gasteiger partial charge on any atom is -1.00 e. The Morgan fingerprint density at radius 2 is 1.62 bits per heavy atom. The Kier molecular flexibility index (Phi) is 12.8. The van der Waals surface area contributed by atoms with E-state index >= 15 is 0 Å². The van der Waals surface area contributed by atoms with E-state index in [2.05, 4.69) is 39.1 Å². The third-order valence-corrected chi connectivity index (χ3v) is 4.30. The molecule has 0 aromatic rings. The molecule has 0 heterocycles. The molecule has 0 bridgehead atoms. The summed E-state index contributed by atoms with van der Waals surface area (Å²) in [7, 11) is -0.464. The van der Waals surface area contributed by atoms with Crippen LogP contribution in [0.25, 0.3) is 0 Å². The first-order valence-electron chi connectivity index (χ1n) is 3.98. The summed E-state index contributed by atoms with van der Waals surface area (Å²) < 4.78 is 0. The molecule has 0 aromatic heterocycles. The Morgan fingerprint density at radius 1 is 1.15 bits per heavy atom. The summed E-state index contributed by atoms with van der Waals surface area (Å²) in [6, 6.07) is 0. The second kappa shape index (κ2) is 8.47. The zero-order valence-electron chi connectivity index (χ0n) is 8.57. The Balaban J connectivity index is -0.000000333. The van der Waals surface area contributed by atoms with Gasteiger partial charge in [-0.3, -0.25) is 0 Å². The number of rotatable bonds is 1. The van der Waals surface area contributed by atoms with Gasteiger partial charge in [-0.05, 0) is 19.4 Å². The maximum Gasteiger partial charge on any atom is 2.00 e. The van der Waals surface area contributed by atoms with Crippen molar-refractivity contribution in [2.75, 3.05) is 0 Å². The quantitative estimate of drug-likeness (QED) is 0.446. The topological polar surface area (TPSA) is 0 Å². The average molecular weight is 314 g/mol. The van der Waals surface area contributed by atoms with E-state index in [9.17, 15) is 0 Å². The van der Waals surface area contributed by atoms with Crippen molar-refractivity contribution >= 4 is 8.80 Å². The van der Waals surface area contributed by atoms with Crippen LogP contribution in [-0.2, 0) is 26.2 Å². The van der Waals surface area contributed by atoms with Crippen molar-refractivity contribution in [2.24, 2.45) is 0 Å². The zero-order chi connectivity index (χ0) is 7.72. The molecule has 13 heavy (non-hydrogen) atoms. The smallest absolute Gasteiger partial charge is 1.00 e. The van der Waals surface area contributed by atoms with E-state index in [4.69, 9.17) is 0 Å². The monoisotopic (exact) mass is 312 g/mol. The van der Waals surface area contributed by atoms with Crippen LogP contribution in [0.2, 0.25) is 18.6 Å². The SMILES string of the molecule is CC1=CC([SiH](C)C)C(C)=C1.[Cl-].[Cl-].[Zr+2]. The Bertz CT molecular complexity index is 200. The van der Waals surface area contributed by atoms with Gasteiger partial charge in [-0.25, -0.2) is 0 Å². The van der Waals surface area contributed by atoms with Crippen LogP contribution >= 0.6 is 0 Å². The van der Waals surface area contributed by atoms with E-state index in [0.717, 1.165) is 5.54 Å². The van der Waals surface area contributed by atoms with Gasteiger partial charge in [0, 0.05) is 8.80 Å². The van der Waals surface area contributed by atoms with Crippen molar-refractivity contribution in [3.8, 4) is 0 Å². The van der Waals surface area contributed by atoms with Gasteiger partial charge in [0.25, 0.3) is 0 Å². The van der Waals surface area contributed by atoms with Gasteiger partial charge in [0.2, 0.25) is 0 Å². The van der Waals surface area contributed by atoms with Crippen LogP contribution in [0.1, 0.15) is 13.8 Å². The first kappa shape index (κ1) is 19.7. The maximum absolute atomic E-state index is 2.42. The van der Waals surface area contributed by atoms with E-state index in [1.807, 2.05) is 0 Å². The molecule has 1 rings (SSSR count). The molecule has 0 saturated carbocycles. The van der Waals surface area contributed by atoms with Gasteiger partial charge >= 0.3 is 26.2 Å². The second-order valence-corrected chi connectivity index (χ2v) is 6.78. The van der Waals surface area contributed by atoms with Crippen molar-refractivity contribution in [1.82, 2.24) is 0 Å². The minimum atomic E-state index is -0.464. The molecule has 0 aromatic carbocycles. The zero-order valence-corrected chi connectivity index (χ0v) is 13.7. The predicted molar refractivity (Wildman–Crippen MR) is 50.1 cm³/mol. The number of hydrogen-bond donors (Lipinski definition) is 0. The third kappa shape index (κ3) is 5.57. The molecule has 0 radical (unpaired) electrons. The molecule has 1 unspecified atom stereocenters. The predicted octanol–water partition coefficient (Wildman–Crippen LogP) is -3.24. The van der Waals surface area contributed by atoms with Crippen LogP contribution in [0.15, 0.2) is 23.3 Å². The molecule has 0 aliphatic heterocycles. The Labute approximate surface area is 115 Å². The molecule has 0 amide bonds. The fourth-order valence-corrected chi connectivity index (χ4v) is 3.47. The van der Waals surface area contributed by atoms with Crippen LogP contribution in [0, 0.1) is 0 Å². The van der Waals surface area contributed by atoms with Gasteiger partial charge in [0.05, 0.1) is 0 Å². The summed E-state index contributed by atoms with van der Waals surface area (Å²) in [6.45, 7) is 9.28. The van der Waals surface area contributed by atoms with Gasteiger partial charge in [-0.15, -0.1) is 0 Å². The van der Waals surface area contributed by atoms with Crippen LogP contribution < -0.4 is 24.8 Å². The molecule has 0 spiro atoms. The molecule has 1 aliphatic rings. The van der Waals surface area contributed by atoms with Crippen LogP contribution in [0.4, 0.5) is 0 Å². The van der Waals surface area contributed by atoms with Crippen molar-refractivity contribution in [3.63, 3.8) is 0 Å². The van der Waals surface area contributed by atoms with E-state index < -0.39 is 8.80 Å². The molecule has 0 saturated heterocycles. The van der Waals surface area contributed by atoms with E-state index in [-0.39, 0.29) is 51.0 Å². The molecule has 74 valence electrons. The fourth-order valence-electron chi connectivity index (χ4n) is 1.64. The summed E-state index contributed by atoms with van der Waals surface area (Å²) in [5.41, 5.74) is 3.89. The first-order valence-corrected chi connectivity index (χ1v) is 6.95. The molecule has 1 atom stereocenters. The minimum absolute atomic E-state index is 0. The van der Waals surface area contributed by atoms with E-state index in [1.54, 1.807) is 5.57 Å². The van der Waals surface area contributed by atoms with Gasteiger partial charge in [0.15, 0.2) is 0 Å².